The maximum atomic E-state index is 12.7. The molecule has 0 aromatic heterocycles. The molecule has 3 rings (SSSR count). The van der Waals surface area contributed by atoms with Gasteiger partial charge in [-0.1, -0.05) is 6.92 Å². The van der Waals surface area contributed by atoms with Crippen LogP contribution in [-0.2, 0) is 16.4 Å². The monoisotopic (exact) mass is 282 g/mol. The first-order chi connectivity index (χ1) is 9.13. The molecule has 0 spiro atoms. The van der Waals surface area contributed by atoms with Crippen molar-refractivity contribution < 1.29 is 13.2 Å². The number of fused-ring (bicyclic) bond motifs is 1. The van der Waals surface area contributed by atoms with E-state index in [-0.39, 0.29) is 6.04 Å². The molecule has 19 heavy (non-hydrogen) atoms. The minimum absolute atomic E-state index is 0.0829. The molecular weight excluding hydrogens is 264 g/mol. The zero-order valence-electron chi connectivity index (χ0n) is 10.9. The Morgan fingerprint density at radius 3 is 2.84 bits per heavy atom. The van der Waals surface area contributed by atoms with E-state index in [2.05, 4.69) is 5.32 Å². The molecule has 1 aromatic rings. The van der Waals surface area contributed by atoms with Gasteiger partial charge in [0.25, 0.3) is 0 Å². The average Bonchev–Trinajstić information content (AvgIpc) is 2.80. The number of rotatable bonds is 4. The van der Waals surface area contributed by atoms with Crippen LogP contribution in [0.25, 0.3) is 0 Å². The third-order valence-electron chi connectivity index (χ3n) is 3.75. The first kappa shape index (κ1) is 12.9. The molecule has 6 heteroatoms. The largest absolute Gasteiger partial charge is 0.493 e. The second kappa shape index (κ2) is 4.77. The molecule has 0 bridgehead atoms. The van der Waals surface area contributed by atoms with Crippen LogP contribution in [0.1, 0.15) is 12.5 Å². The molecular formula is C13H18N2O3S. The zero-order chi connectivity index (χ0) is 13.5. The molecule has 1 saturated heterocycles. The van der Waals surface area contributed by atoms with E-state index in [9.17, 15) is 8.42 Å². The number of ether oxygens (including phenoxy) is 1. The highest BCUT2D eigenvalue weighted by Crippen LogP contribution is 2.29. The highest BCUT2D eigenvalue weighted by atomic mass is 32.2. The molecule has 0 saturated carbocycles. The molecule has 2 aliphatic heterocycles. The van der Waals surface area contributed by atoms with Crippen LogP contribution in [0.15, 0.2) is 23.1 Å². The van der Waals surface area contributed by atoms with Crippen molar-refractivity contribution in [2.24, 2.45) is 0 Å². The quantitative estimate of drug-likeness (QED) is 0.879. The Morgan fingerprint density at radius 2 is 2.21 bits per heavy atom. The Hall–Kier alpha value is -1.11. The molecule has 0 unspecified atom stereocenters. The number of benzene rings is 1. The normalized spacial score (nSPS) is 19.1. The van der Waals surface area contributed by atoms with Crippen molar-refractivity contribution in [2.75, 3.05) is 26.2 Å². The highest BCUT2D eigenvalue weighted by molar-refractivity contribution is 7.89. The average molecular weight is 282 g/mol. The van der Waals surface area contributed by atoms with Gasteiger partial charge in [0.15, 0.2) is 0 Å². The zero-order valence-corrected chi connectivity index (χ0v) is 11.7. The van der Waals surface area contributed by atoms with Crippen molar-refractivity contribution in [3.8, 4) is 5.75 Å². The van der Waals surface area contributed by atoms with Gasteiger partial charge in [-0.3, -0.25) is 0 Å². The first-order valence-corrected chi connectivity index (χ1v) is 8.05. The van der Waals surface area contributed by atoms with Crippen LogP contribution in [0.3, 0.4) is 0 Å². The van der Waals surface area contributed by atoms with Gasteiger partial charge >= 0.3 is 0 Å². The lowest BCUT2D eigenvalue weighted by molar-refractivity contribution is 0.249. The molecule has 104 valence electrons. The van der Waals surface area contributed by atoms with Gasteiger partial charge in [0.05, 0.1) is 11.5 Å². The summed E-state index contributed by atoms with van der Waals surface area (Å²) in [5.74, 6) is 0.812. The highest BCUT2D eigenvalue weighted by Gasteiger charge is 2.34. The molecule has 0 radical (unpaired) electrons. The molecule has 1 fully saturated rings. The Kier molecular flexibility index (Phi) is 3.24. The van der Waals surface area contributed by atoms with Crippen LogP contribution < -0.4 is 10.1 Å². The minimum atomic E-state index is -3.40. The van der Waals surface area contributed by atoms with Crippen molar-refractivity contribution >= 4 is 10.0 Å². The maximum absolute atomic E-state index is 12.7. The molecule has 0 aliphatic carbocycles. The van der Waals surface area contributed by atoms with E-state index in [1.165, 1.54) is 0 Å². The first-order valence-electron chi connectivity index (χ1n) is 6.61. The second-order valence-corrected chi connectivity index (χ2v) is 6.78. The van der Waals surface area contributed by atoms with Crippen LogP contribution in [0.2, 0.25) is 0 Å². The van der Waals surface area contributed by atoms with Crippen molar-refractivity contribution in [3.05, 3.63) is 23.8 Å². The topological polar surface area (TPSA) is 58.6 Å². The predicted molar refractivity (Wildman–Crippen MR) is 71.9 cm³/mol. The molecule has 2 heterocycles. The number of sulfonamides is 1. The van der Waals surface area contributed by atoms with Crippen LogP contribution in [-0.4, -0.2) is 45.0 Å². The lowest BCUT2D eigenvalue weighted by Crippen LogP contribution is -2.58. The fraction of sp³-hybridized carbons (Fsp3) is 0.538. The fourth-order valence-electron chi connectivity index (χ4n) is 2.56. The van der Waals surface area contributed by atoms with Gasteiger partial charge < -0.3 is 10.1 Å². The lowest BCUT2D eigenvalue weighted by atomic mass is 10.2. The summed E-state index contributed by atoms with van der Waals surface area (Å²) in [6.07, 6.45) is 0.788. The third kappa shape index (κ3) is 2.13. The van der Waals surface area contributed by atoms with Gasteiger partial charge in [-0.05, 0) is 23.8 Å². The standard InChI is InChI=1S/C13H18N2O3S/c1-2-15(11-8-14-9-11)19(16,17)12-3-4-13-10(7-12)5-6-18-13/h3-4,7,11,14H,2,5-6,8-9H2,1H3. The van der Waals surface area contributed by atoms with Gasteiger partial charge in [-0.25, -0.2) is 8.42 Å². The third-order valence-corrected chi connectivity index (χ3v) is 5.77. The van der Waals surface area contributed by atoms with Crippen LogP contribution >= 0.6 is 0 Å². The fourth-order valence-corrected chi connectivity index (χ4v) is 4.24. The van der Waals surface area contributed by atoms with Crippen LogP contribution in [0, 0.1) is 0 Å². The van der Waals surface area contributed by atoms with Gasteiger partial charge in [0, 0.05) is 32.1 Å². The molecule has 0 amide bonds. The smallest absolute Gasteiger partial charge is 0.243 e. The Morgan fingerprint density at radius 1 is 1.42 bits per heavy atom. The second-order valence-electron chi connectivity index (χ2n) is 4.89. The van der Waals surface area contributed by atoms with E-state index < -0.39 is 10.0 Å². The summed E-state index contributed by atoms with van der Waals surface area (Å²) in [6, 6.07) is 5.25. The van der Waals surface area contributed by atoms with E-state index in [0.29, 0.717) is 18.0 Å². The number of hydrogen-bond acceptors (Lipinski definition) is 4. The van der Waals surface area contributed by atoms with E-state index in [0.717, 1.165) is 30.8 Å². The minimum Gasteiger partial charge on any atom is -0.493 e. The van der Waals surface area contributed by atoms with Gasteiger partial charge in [0.1, 0.15) is 5.75 Å². The molecule has 2 aliphatic rings. The van der Waals surface area contributed by atoms with E-state index in [1.54, 1.807) is 22.5 Å². The summed E-state index contributed by atoms with van der Waals surface area (Å²) >= 11 is 0. The summed E-state index contributed by atoms with van der Waals surface area (Å²) in [6.45, 7) is 4.50. The van der Waals surface area contributed by atoms with Crippen molar-refractivity contribution in [1.29, 1.82) is 0 Å². The molecule has 1 aromatic carbocycles. The molecule has 0 atom stereocenters. The summed E-state index contributed by atoms with van der Waals surface area (Å²) in [5.41, 5.74) is 0.990. The van der Waals surface area contributed by atoms with Crippen molar-refractivity contribution in [2.45, 2.75) is 24.3 Å². The predicted octanol–water partition coefficient (Wildman–Crippen LogP) is 0.604. The van der Waals surface area contributed by atoms with Crippen molar-refractivity contribution in [3.63, 3.8) is 0 Å². The summed E-state index contributed by atoms with van der Waals surface area (Å²) in [4.78, 5) is 0.380. The number of nitrogens with one attached hydrogen (secondary N) is 1. The molecule has 5 nitrogen and oxygen atoms in total. The SMILES string of the molecule is CCN(C1CNC1)S(=O)(=O)c1ccc2c(c1)CCO2. The Labute approximate surface area is 113 Å². The summed E-state index contributed by atoms with van der Waals surface area (Å²) in [7, 11) is -3.40. The van der Waals surface area contributed by atoms with Gasteiger partial charge in [-0.2, -0.15) is 4.31 Å². The van der Waals surface area contributed by atoms with Gasteiger partial charge in [0.2, 0.25) is 10.0 Å². The number of hydrogen-bond donors (Lipinski definition) is 1. The van der Waals surface area contributed by atoms with Gasteiger partial charge in [-0.15, -0.1) is 0 Å². The van der Waals surface area contributed by atoms with E-state index >= 15 is 0 Å². The van der Waals surface area contributed by atoms with Crippen LogP contribution in [0.5, 0.6) is 5.75 Å². The Balaban J connectivity index is 1.94. The lowest BCUT2D eigenvalue weighted by Gasteiger charge is -2.36. The van der Waals surface area contributed by atoms with E-state index in [4.69, 9.17) is 4.74 Å². The molecule has 1 N–H and O–H groups in total. The van der Waals surface area contributed by atoms with Crippen molar-refractivity contribution in [1.82, 2.24) is 9.62 Å². The number of nitrogens with zero attached hydrogens (tertiary/aromatic N) is 1. The maximum Gasteiger partial charge on any atom is 0.243 e. The number of likely N-dealkylation sites (N-methyl/N-ethyl adjacent to an activating group) is 1. The summed E-state index contributed by atoms with van der Waals surface area (Å²) < 4.78 is 32.3. The Bertz CT molecular complexity index is 582. The summed E-state index contributed by atoms with van der Waals surface area (Å²) in [5, 5.41) is 3.12. The van der Waals surface area contributed by atoms with E-state index in [1.807, 2.05) is 6.92 Å². The van der Waals surface area contributed by atoms with Crippen LogP contribution in [0.4, 0.5) is 0 Å².